The number of para-hydroxylation sites is 1. The number of amides is 3. The van der Waals surface area contributed by atoms with Crippen LogP contribution >= 0.6 is 11.3 Å². The van der Waals surface area contributed by atoms with Crippen molar-refractivity contribution in [3.63, 3.8) is 0 Å². The van der Waals surface area contributed by atoms with E-state index >= 15 is 0 Å². The second-order valence-corrected chi connectivity index (χ2v) is 9.40. The lowest BCUT2D eigenvalue weighted by molar-refractivity contribution is -0.117. The van der Waals surface area contributed by atoms with Crippen LogP contribution in [-0.4, -0.2) is 68.8 Å². The monoisotopic (exact) mass is 511 g/mol. The van der Waals surface area contributed by atoms with Crippen LogP contribution in [0.15, 0.2) is 30.5 Å². The van der Waals surface area contributed by atoms with E-state index in [2.05, 4.69) is 36.4 Å². The van der Waals surface area contributed by atoms with Gasteiger partial charge in [0.05, 0.1) is 53.8 Å². The van der Waals surface area contributed by atoms with E-state index in [1.54, 1.807) is 24.4 Å². The molecule has 4 rings (SSSR count). The van der Waals surface area contributed by atoms with Crippen LogP contribution in [0.4, 0.5) is 22.2 Å². The van der Waals surface area contributed by atoms with Crippen molar-refractivity contribution in [1.29, 1.82) is 0 Å². The normalized spacial score (nSPS) is 12.9. The highest BCUT2D eigenvalue weighted by Crippen LogP contribution is 2.41. The first-order valence-electron chi connectivity index (χ1n) is 11.1. The van der Waals surface area contributed by atoms with Gasteiger partial charge in [-0.15, -0.1) is 10.2 Å². The molecule has 0 unspecified atom stereocenters. The first-order chi connectivity index (χ1) is 17.5. The number of aromatic nitrogens is 3. The summed E-state index contributed by atoms with van der Waals surface area (Å²) in [6, 6.07) is 6.73. The number of nitrogens with one attached hydrogen (secondary N) is 4. The molecular formula is C22H20B3N7O4S. The first-order valence-corrected chi connectivity index (χ1v) is 11.9. The zero-order chi connectivity index (χ0) is 26.7. The van der Waals surface area contributed by atoms with Gasteiger partial charge in [-0.3, -0.25) is 14.4 Å². The number of rotatable bonds is 9. The lowest BCUT2D eigenvalue weighted by Crippen LogP contribution is -2.50. The fourth-order valence-corrected chi connectivity index (χ4v) is 4.23. The molecule has 182 valence electrons. The highest BCUT2D eigenvalue weighted by molar-refractivity contribution is 7.19. The molecule has 1 saturated carbocycles. The zero-order valence-corrected chi connectivity index (χ0v) is 20.8. The van der Waals surface area contributed by atoms with Crippen LogP contribution in [0.25, 0.3) is 10.6 Å². The van der Waals surface area contributed by atoms with E-state index in [9.17, 15) is 14.4 Å². The summed E-state index contributed by atoms with van der Waals surface area (Å²) in [5.74, 6) is -0.701. The van der Waals surface area contributed by atoms with Crippen LogP contribution in [0.3, 0.4) is 0 Å². The van der Waals surface area contributed by atoms with Gasteiger partial charge in [-0.05, 0) is 25.0 Å². The molecule has 1 aliphatic carbocycles. The van der Waals surface area contributed by atoms with Gasteiger partial charge in [0.15, 0.2) is 17.3 Å². The van der Waals surface area contributed by atoms with Crippen molar-refractivity contribution in [3.8, 4) is 16.3 Å². The Hall–Kier alpha value is -3.87. The van der Waals surface area contributed by atoms with Gasteiger partial charge in [0.2, 0.25) is 11.8 Å². The number of carbonyl (C=O) groups excluding carboxylic acids is 3. The maximum atomic E-state index is 12.8. The number of carbonyl (C=O) groups is 3. The molecule has 0 spiro atoms. The van der Waals surface area contributed by atoms with Crippen molar-refractivity contribution in [3.05, 3.63) is 36.2 Å². The largest absolute Gasteiger partial charge is 0.494 e. The summed E-state index contributed by atoms with van der Waals surface area (Å²) in [5, 5.41) is 17.8. The minimum Gasteiger partial charge on any atom is -0.494 e. The Morgan fingerprint density at radius 1 is 1.11 bits per heavy atom. The molecule has 3 aromatic rings. The SMILES string of the molecule is [B]C([B])([B])NC(=O)c1nnc(NC(=O)C2CC2)cc1Nc1cccc(-c2ncc(NC(C)=O)s2)c1OC. The van der Waals surface area contributed by atoms with Gasteiger partial charge in [0, 0.05) is 18.9 Å². The Labute approximate surface area is 220 Å². The second kappa shape index (κ2) is 10.6. The number of hydrogen-bond donors (Lipinski definition) is 4. The van der Waals surface area contributed by atoms with Crippen molar-refractivity contribution in [2.75, 3.05) is 23.1 Å². The van der Waals surface area contributed by atoms with Gasteiger partial charge in [-0.1, -0.05) is 22.6 Å². The van der Waals surface area contributed by atoms with Gasteiger partial charge in [0.25, 0.3) is 5.91 Å². The van der Waals surface area contributed by atoms with Crippen LogP contribution in [0, 0.1) is 5.92 Å². The predicted octanol–water partition coefficient (Wildman–Crippen LogP) is 1.51. The van der Waals surface area contributed by atoms with Crippen molar-refractivity contribution in [1.82, 2.24) is 20.5 Å². The van der Waals surface area contributed by atoms with E-state index in [1.165, 1.54) is 31.4 Å². The Kier molecular flexibility index (Phi) is 7.53. The van der Waals surface area contributed by atoms with E-state index in [-0.39, 0.29) is 34.9 Å². The van der Waals surface area contributed by atoms with Crippen molar-refractivity contribution in [2.45, 2.75) is 25.0 Å². The number of nitrogens with zero attached hydrogens (tertiary/aromatic N) is 3. The average Bonchev–Trinajstić information content (AvgIpc) is 3.57. The molecule has 2 heterocycles. The van der Waals surface area contributed by atoms with Crippen molar-refractivity contribution < 1.29 is 19.1 Å². The van der Waals surface area contributed by atoms with Crippen LogP contribution in [-0.2, 0) is 9.59 Å². The number of benzene rings is 1. The fourth-order valence-electron chi connectivity index (χ4n) is 3.34. The molecule has 11 nitrogen and oxygen atoms in total. The summed E-state index contributed by atoms with van der Waals surface area (Å²) in [6.45, 7) is 1.41. The van der Waals surface area contributed by atoms with Crippen LogP contribution in [0.5, 0.6) is 5.75 Å². The summed E-state index contributed by atoms with van der Waals surface area (Å²) in [4.78, 5) is 40.8. The first kappa shape index (κ1) is 26.2. The van der Waals surface area contributed by atoms with Gasteiger partial charge in [-0.25, -0.2) is 4.98 Å². The van der Waals surface area contributed by atoms with Gasteiger partial charge >= 0.3 is 0 Å². The topological polar surface area (TPSA) is 147 Å². The molecule has 4 N–H and O–H groups in total. The van der Waals surface area contributed by atoms with E-state index in [0.29, 0.717) is 27.0 Å². The van der Waals surface area contributed by atoms with E-state index in [4.69, 9.17) is 28.3 Å². The molecule has 3 amide bonds. The molecule has 15 heteroatoms. The third kappa shape index (κ3) is 6.67. The average molecular weight is 511 g/mol. The van der Waals surface area contributed by atoms with Gasteiger partial charge in [0.1, 0.15) is 10.0 Å². The molecule has 0 bridgehead atoms. The number of thiazole rings is 1. The minimum atomic E-state index is -2.00. The highest BCUT2D eigenvalue weighted by Gasteiger charge is 2.30. The van der Waals surface area contributed by atoms with Crippen LogP contribution in [0.1, 0.15) is 30.3 Å². The van der Waals surface area contributed by atoms with Crippen LogP contribution in [0.2, 0.25) is 0 Å². The van der Waals surface area contributed by atoms with Crippen molar-refractivity contribution >= 4 is 74.8 Å². The maximum absolute atomic E-state index is 12.8. The standard InChI is InChI=1S/C22H20B3N7O4S/c1-10(33)27-16-9-26-21(37-16)12-4-3-5-13(18(12)36-2)28-14-8-15(29-19(34)11-6-7-11)31-32-17(14)20(35)30-22(23,24)25/h3-5,8-9,11H,6-7H2,1-2H3,(H,27,33)(H,30,35)(H2,28,29,31,34). The Morgan fingerprint density at radius 2 is 1.86 bits per heavy atom. The maximum Gasteiger partial charge on any atom is 0.272 e. The Morgan fingerprint density at radius 3 is 2.51 bits per heavy atom. The summed E-state index contributed by atoms with van der Waals surface area (Å²) in [5.41, 5.74) is 1.09. The second-order valence-electron chi connectivity index (χ2n) is 8.36. The predicted molar refractivity (Wildman–Crippen MR) is 143 cm³/mol. The van der Waals surface area contributed by atoms with Crippen LogP contribution < -0.4 is 26.0 Å². The number of methoxy groups -OCH3 is 1. The molecule has 0 aliphatic heterocycles. The third-order valence-corrected chi connectivity index (χ3v) is 6.01. The van der Waals surface area contributed by atoms with E-state index in [0.717, 1.165) is 12.8 Å². The van der Waals surface area contributed by atoms with Gasteiger partial charge in [-0.2, -0.15) is 0 Å². The summed E-state index contributed by atoms with van der Waals surface area (Å²) >= 11 is 1.26. The number of anilines is 4. The highest BCUT2D eigenvalue weighted by atomic mass is 32.1. The molecule has 1 aliphatic rings. The molecule has 6 radical (unpaired) electrons. The summed E-state index contributed by atoms with van der Waals surface area (Å²) in [6.07, 6.45) is 3.16. The molecule has 1 fully saturated rings. The van der Waals surface area contributed by atoms with Crippen molar-refractivity contribution in [2.24, 2.45) is 5.92 Å². The minimum absolute atomic E-state index is 0.0639. The fraction of sp³-hybridized carbons (Fsp3) is 0.273. The molecule has 2 aromatic heterocycles. The lowest BCUT2D eigenvalue weighted by atomic mass is 9.49. The third-order valence-electron chi connectivity index (χ3n) is 5.06. The molecule has 37 heavy (non-hydrogen) atoms. The lowest BCUT2D eigenvalue weighted by Gasteiger charge is -2.23. The number of ether oxygens (including phenoxy) is 1. The van der Waals surface area contributed by atoms with E-state index in [1.807, 2.05) is 0 Å². The zero-order valence-electron chi connectivity index (χ0n) is 20.0. The molecule has 0 atom stereocenters. The Bertz CT molecular complexity index is 1360. The smallest absolute Gasteiger partial charge is 0.272 e. The summed E-state index contributed by atoms with van der Waals surface area (Å²) < 4.78 is 5.66. The molecule has 1 aromatic carbocycles. The quantitative estimate of drug-likeness (QED) is 0.317. The van der Waals surface area contributed by atoms with E-state index < -0.39 is 11.1 Å². The molecule has 0 saturated heterocycles. The summed E-state index contributed by atoms with van der Waals surface area (Å²) in [7, 11) is 18.0. The Balaban J connectivity index is 1.70. The van der Waals surface area contributed by atoms with Gasteiger partial charge < -0.3 is 26.0 Å². The number of hydrogen-bond acceptors (Lipinski definition) is 9. The molecular weight excluding hydrogens is 491 g/mol.